The maximum absolute atomic E-state index is 9.94. The standard InChI is InChI=1S/C14H27NO2/c1-4-11-5-6-12(16)9-13(11)15-7-8-17-10-14(15,2)3/h11-13,16H,4-10H2,1-3H3. The lowest BCUT2D eigenvalue weighted by Gasteiger charge is -2.51. The molecule has 1 heterocycles. The first-order chi connectivity index (χ1) is 8.04. The average Bonchev–Trinajstić information content (AvgIpc) is 2.28. The van der Waals surface area contributed by atoms with E-state index in [1.807, 2.05) is 0 Å². The van der Waals surface area contributed by atoms with Crippen LogP contribution in [-0.4, -0.2) is 47.4 Å². The Balaban J connectivity index is 2.11. The molecule has 3 unspecified atom stereocenters. The normalized spacial score (nSPS) is 39.2. The molecule has 0 aromatic rings. The molecule has 1 saturated heterocycles. The molecule has 100 valence electrons. The Kier molecular flexibility index (Phi) is 4.11. The Morgan fingerprint density at radius 3 is 2.76 bits per heavy atom. The van der Waals surface area contributed by atoms with E-state index in [-0.39, 0.29) is 11.6 Å². The van der Waals surface area contributed by atoms with Crippen LogP contribution in [-0.2, 0) is 4.74 Å². The van der Waals surface area contributed by atoms with Crippen molar-refractivity contribution in [3.8, 4) is 0 Å². The van der Waals surface area contributed by atoms with Gasteiger partial charge in [0.05, 0.1) is 19.3 Å². The van der Waals surface area contributed by atoms with Gasteiger partial charge in [0.15, 0.2) is 0 Å². The van der Waals surface area contributed by atoms with E-state index in [1.165, 1.54) is 12.8 Å². The molecule has 0 aromatic carbocycles. The van der Waals surface area contributed by atoms with Crippen LogP contribution in [0.1, 0.15) is 46.5 Å². The van der Waals surface area contributed by atoms with E-state index >= 15 is 0 Å². The van der Waals surface area contributed by atoms with Crippen molar-refractivity contribution in [3.05, 3.63) is 0 Å². The monoisotopic (exact) mass is 241 g/mol. The molecular formula is C14H27NO2. The molecule has 1 N–H and O–H groups in total. The maximum Gasteiger partial charge on any atom is 0.0645 e. The summed E-state index contributed by atoms with van der Waals surface area (Å²) in [5.74, 6) is 0.746. The van der Waals surface area contributed by atoms with Gasteiger partial charge in [-0.2, -0.15) is 0 Å². The number of hydrogen-bond donors (Lipinski definition) is 1. The summed E-state index contributed by atoms with van der Waals surface area (Å²) in [4.78, 5) is 2.59. The van der Waals surface area contributed by atoms with E-state index in [9.17, 15) is 5.11 Å². The van der Waals surface area contributed by atoms with E-state index in [0.717, 1.165) is 38.5 Å². The van der Waals surface area contributed by atoms with Gasteiger partial charge in [-0.1, -0.05) is 13.3 Å². The van der Waals surface area contributed by atoms with E-state index in [2.05, 4.69) is 25.7 Å². The average molecular weight is 241 g/mol. The highest BCUT2D eigenvalue weighted by Gasteiger charge is 2.40. The fourth-order valence-corrected chi connectivity index (χ4v) is 3.53. The van der Waals surface area contributed by atoms with E-state index in [1.54, 1.807) is 0 Å². The van der Waals surface area contributed by atoms with Crippen molar-refractivity contribution in [2.24, 2.45) is 5.92 Å². The summed E-state index contributed by atoms with van der Waals surface area (Å²) in [6, 6.07) is 0.544. The highest BCUT2D eigenvalue weighted by atomic mass is 16.5. The quantitative estimate of drug-likeness (QED) is 0.803. The van der Waals surface area contributed by atoms with Crippen molar-refractivity contribution in [2.45, 2.75) is 64.1 Å². The molecule has 3 nitrogen and oxygen atoms in total. The minimum absolute atomic E-state index is 0.0959. The summed E-state index contributed by atoms with van der Waals surface area (Å²) in [6.07, 6.45) is 4.24. The Hall–Kier alpha value is -0.120. The van der Waals surface area contributed by atoms with Crippen LogP contribution in [0.15, 0.2) is 0 Å². The molecule has 1 saturated carbocycles. The molecule has 2 rings (SSSR count). The summed E-state index contributed by atoms with van der Waals surface area (Å²) in [6.45, 7) is 9.48. The first kappa shape index (κ1) is 13.3. The Labute approximate surface area is 105 Å². The lowest BCUT2D eigenvalue weighted by molar-refractivity contribution is -0.101. The van der Waals surface area contributed by atoms with Crippen LogP contribution in [0.25, 0.3) is 0 Å². The van der Waals surface area contributed by atoms with Gasteiger partial charge >= 0.3 is 0 Å². The first-order valence-electron chi connectivity index (χ1n) is 7.07. The number of aliphatic hydroxyl groups excluding tert-OH is 1. The molecule has 0 spiro atoms. The number of morpholine rings is 1. The topological polar surface area (TPSA) is 32.7 Å². The minimum atomic E-state index is -0.0959. The van der Waals surface area contributed by atoms with E-state index in [4.69, 9.17) is 4.74 Å². The Bertz CT molecular complexity index is 255. The smallest absolute Gasteiger partial charge is 0.0645 e. The number of rotatable bonds is 2. The van der Waals surface area contributed by atoms with Crippen LogP contribution >= 0.6 is 0 Å². The second-order valence-electron chi connectivity index (χ2n) is 6.26. The van der Waals surface area contributed by atoms with Crippen LogP contribution in [0.3, 0.4) is 0 Å². The predicted octanol–water partition coefficient (Wildman–Crippen LogP) is 2.04. The van der Waals surface area contributed by atoms with Gasteiger partial charge in [-0.25, -0.2) is 0 Å². The Morgan fingerprint density at radius 1 is 1.35 bits per heavy atom. The summed E-state index contributed by atoms with van der Waals surface area (Å²) >= 11 is 0. The van der Waals surface area contributed by atoms with Crippen LogP contribution < -0.4 is 0 Å². The van der Waals surface area contributed by atoms with Crippen LogP contribution in [0.5, 0.6) is 0 Å². The zero-order valence-electron chi connectivity index (χ0n) is 11.5. The molecule has 3 heteroatoms. The Morgan fingerprint density at radius 2 is 2.12 bits per heavy atom. The second-order valence-corrected chi connectivity index (χ2v) is 6.26. The van der Waals surface area contributed by atoms with Crippen LogP contribution in [0, 0.1) is 5.92 Å². The third-order valence-corrected chi connectivity index (χ3v) is 4.56. The summed E-state index contributed by atoms with van der Waals surface area (Å²) in [7, 11) is 0. The highest BCUT2D eigenvalue weighted by molar-refractivity contribution is 4.94. The third kappa shape index (κ3) is 2.83. The number of hydrogen-bond acceptors (Lipinski definition) is 3. The second kappa shape index (κ2) is 5.25. The van der Waals surface area contributed by atoms with Crippen molar-refractivity contribution < 1.29 is 9.84 Å². The summed E-state index contributed by atoms with van der Waals surface area (Å²) in [5.41, 5.74) is 0.118. The molecule has 17 heavy (non-hydrogen) atoms. The lowest BCUT2D eigenvalue weighted by atomic mass is 9.78. The van der Waals surface area contributed by atoms with Gasteiger partial charge in [0.25, 0.3) is 0 Å². The molecule has 2 fully saturated rings. The van der Waals surface area contributed by atoms with Crippen molar-refractivity contribution in [3.63, 3.8) is 0 Å². The molecule has 0 bridgehead atoms. The van der Waals surface area contributed by atoms with Crippen LogP contribution in [0.4, 0.5) is 0 Å². The third-order valence-electron chi connectivity index (χ3n) is 4.56. The van der Waals surface area contributed by atoms with Gasteiger partial charge in [0.2, 0.25) is 0 Å². The van der Waals surface area contributed by atoms with Gasteiger partial charge in [0.1, 0.15) is 0 Å². The zero-order chi connectivity index (χ0) is 12.5. The first-order valence-corrected chi connectivity index (χ1v) is 7.07. The predicted molar refractivity (Wildman–Crippen MR) is 69.0 cm³/mol. The SMILES string of the molecule is CCC1CCC(O)CC1N1CCOCC1(C)C. The number of aliphatic hydroxyl groups is 1. The molecule has 1 aliphatic carbocycles. The van der Waals surface area contributed by atoms with Gasteiger partial charge in [-0.05, 0) is 39.0 Å². The van der Waals surface area contributed by atoms with Crippen molar-refractivity contribution in [1.29, 1.82) is 0 Å². The number of nitrogens with zero attached hydrogens (tertiary/aromatic N) is 1. The van der Waals surface area contributed by atoms with Gasteiger partial charge in [-0.15, -0.1) is 0 Å². The van der Waals surface area contributed by atoms with Gasteiger partial charge in [-0.3, -0.25) is 4.90 Å². The van der Waals surface area contributed by atoms with Crippen molar-refractivity contribution in [1.82, 2.24) is 4.90 Å². The minimum Gasteiger partial charge on any atom is -0.393 e. The molecule has 0 radical (unpaired) electrons. The van der Waals surface area contributed by atoms with Crippen LogP contribution in [0.2, 0.25) is 0 Å². The summed E-state index contributed by atoms with van der Waals surface area (Å²) < 4.78 is 5.60. The molecular weight excluding hydrogens is 214 g/mol. The number of ether oxygens (including phenoxy) is 1. The molecule has 3 atom stereocenters. The highest BCUT2D eigenvalue weighted by Crippen LogP contribution is 2.35. The fourth-order valence-electron chi connectivity index (χ4n) is 3.53. The van der Waals surface area contributed by atoms with E-state index < -0.39 is 0 Å². The van der Waals surface area contributed by atoms with Crippen molar-refractivity contribution in [2.75, 3.05) is 19.8 Å². The maximum atomic E-state index is 9.94. The molecule has 0 aromatic heterocycles. The van der Waals surface area contributed by atoms with E-state index in [0.29, 0.717) is 6.04 Å². The van der Waals surface area contributed by atoms with Gasteiger partial charge < -0.3 is 9.84 Å². The molecule has 1 aliphatic heterocycles. The summed E-state index contributed by atoms with van der Waals surface area (Å²) in [5, 5.41) is 9.94. The fraction of sp³-hybridized carbons (Fsp3) is 1.00. The molecule has 2 aliphatic rings. The molecule has 0 amide bonds. The largest absolute Gasteiger partial charge is 0.393 e. The van der Waals surface area contributed by atoms with Crippen molar-refractivity contribution >= 4 is 0 Å². The zero-order valence-corrected chi connectivity index (χ0v) is 11.5. The van der Waals surface area contributed by atoms with Gasteiger partial charge in [0, 0.05) is 18.1 Å². The lowest BCUT2D eigenvalue weighted by Crippen LogP contribution is -2.60.